The van der Waals surface area contributed by atoms with Gasteiger partial charge in [-0.05, 0) is 44.0 Å². The number of rotatable bonds is 4. The van der Waals surface area contributed by atoms with E-state index in [0.29, 0.717) is 15.4 Å². The van der Waals surface area contributed by atoms with E-state index in [0.717, 1.165) is 12.0 Å². The Morgan fingerprint density at radius 1 is 1.47 bits per heavy atom. The number of amides is 1. The van der Waals surface area contributed by atoms with Crippen molar-refractivity contribution < 1.29 is 4.79 Å². The summed E-state index contributed by atoms with van der Waals surface area (Å²) in [5, 5.41) is 3.65. The van der Waals surface area contributed by atoms with Gasteiger partial charge in [-0.2, -0.15) is 0 Å². The minimum absolute atomic E-state index is 0.0505. The second kappa shape index (κ2) is 6.41. The van der Waals surface area contributed by atoms with Crippen LogP contribution in [0, 0.1) is 6.92 Å². The molecule has 94 valence electrons. The predicted molar refractivity (Wildman–Crippen MR) is 76.1 cm³/mol. The first-order valence-corrected chi connectivity index (χ1v) is 6.90. The van der Waals surface area contributed by atoms with Gasteiger partial charge in [-0.1, -0.05) is 34.5 Å². The van der Waals surface area contributed by atoms with Crippen LogP contribution in [0.1, 0.15) is 36.2 Å². The second-order valence-electron chi connectivity index (χ2n) is 4.35. The number of benzene rings is 1. The van der Waals surface area contributed by atoms with Crippen LogP contribution in [-0.4, -0.2) is 16.8 Å². The molecular formula is C13H17BrClNO. The first kappa shape index (κ1) is 14.5. The van der Waals surface area contributed by atoms with E-state index in [1.165, 1.54) is 0 Å². The fourth-order valence-electron chi connectivity index (χ4n) is 1.64. The number of alkyl halides is 1. The Hall–Kier alpha value is -0.540. The van der Waals surface area contributed by atoms with Crippen LogP contribution < -0.4 is 5.32 Å². The molecule has 0 spiro atoms. The lowest BCUT2D eigenvalue weighted by Gasteiger charge is -2.15. The lowest BCUT2D eigenvalue weighted by Crippen LogP contribution is -2.33. The molecule has 1 rings (SSSR count). The third-order valence-corrected chi connectivity index (χ3v) is 3.27. The zero-order valence-corrected chi connectivity index (χ0v) is 12.6. The average Bonchev–Trinajstić information content (AvgIpc) is 2.20. The minimum Gasteiger partial charge on any atom is -0.350 e. The lowest BCUT2D eigenvalue weighted by atomic mass is 10.1. The predicted octanol–water partition coefficient (Wildman–Crippen LogP) is 3.94. The van der Waals surface area contributed by atoms with Crippen molar-refractivity contribution in [3.63, 3.8) is 0 Å². The third kappa shape index (κ3) is 4.68. The van der Waals surface area contributed by atoms with Crippen LogP contribution in [0.2, 0.25) is 5.02 Å². The summed E-state index contributed by atoms with van der Waals surface area (Å²) < 4.78 is 0. The Balaban J connectivity index is 2.66. The molecule has 1 N–H and O–H groups in total. The minimum atomic E-state index is -0.0505. The molecule has 0 aromatic heterocycles. The van der Waals surface area contributed by atoms with Gasteiger partial charge in [-0.3, -0.25) is 4.79 Å². The first-order chi connectivity index (χ1) is 7.90. The molecule has 0 bridgehead atoms. The smallest absolute Gasteiger partial charge is 0.251 e. The Kier molecular flexibility index (Phi) is 5.47. The molecule has 0 saturated heterocycles. The molecule has 0 fully saturated rings. The van der Waals surface area contributed by atoms with Gasteiger partial charge in [0.1, 0.15) is 0 Å². The van der Waals surface area contributed by atoms with Crippen molar-refractivity contribution in [2.75, 3.05) is 0 Å². The molecule has 0 aliphatic heterocycles. The molecule has 1 aromatic carbocycles. The van der Waals surface area contributed by atoms with Gasteiger partial charge in [-0.25, -0.2) is 0 Å². The highest BCUT2D eigenvalue weighted by Crippen LogP contribution is 2.16. The van der Waals surface area contributed by atoms with Gasteiger partial charge < -0.3 is 5.32 Å². The van der Waals surface area contributed by atoms with Crippen molar-refractivity contribution in [3.05, 3.63) is 34.3 Å². The van der Waals surface area contributed by atoms with Crippen molar-refractivity contribution in [1.82, 2.24) is 5.32 Å². The number of carbonyl (C=O) groups is 1. The zero-order chi connectivity index (χ0) is 13.0. The van der Waals surface area contributed by atoms with Crippen LogP contribution in [0.25, 0.3) is 0 Å². The first-order valence-electron chi connectivity index (χ1n) is 5.61. The molecule has 1 aromatic rings. The maximum absolute atomic E-state index is 11.9. The van der Waals surface area contributed by atoms with Gasteiger partial charge in [0.05, 0.1) is 0 Å². The van der Waals surface area contributed by atoms with Gasteiger partial charge in [-0.15, -0.1) is 0 Å². The molecule has 1 amide bonds. The van der Waals surface area contributed by atoms with E-state index in [4.69, 9.17) is 11.6 Å². The second-order valence-corrected chi connectivity index (χ2v) is 6.33. The SMILES string of the molecule is Cc1cc(C(=O)NC(C)CC(C)Br)ccc1Cl. The van der Waals surface area contributed by atoms with Crippen LogP contribution in [0.5, 0.6) is 0 Å². The van der Waals surface area contributed by atoms with E-state index in [1.807, 2.05) is 19.9 Å². The monoisotopic (exact) mass is 317 g/mol. The number of carbonyl (C=O) groups excluding carboxylic acids is 1. The highest BCUT2D eigenvalue weighted by atomic mass is 79.9. The highest BCUT2D eigenvalue weighted by Gasteiger charge is 2.12. The molecular weight excluding hydrogens is 302 g/mol. The van der Waals surface area contributed by atoms with Gasteiger partial charge >= 0.3 is 0 Å². The molecule has 0 saturated carbocycles. The van der Waals surface area contributed by atoms with Crippen LogP contribution in [-0.2, 0) is 0 Å². The van der Waals surface area contributed by atoms with Gasteiger partial charge in [0.2, 0.25) is 0 Å². The summed E-state index contributed by atoms with van der Waals surface area (Å²) in [6.07, 6.45) is 0.901. The summed E-state index contributed by atoms with van der Waals surface area (Å²) in [5.41, 5.74) is 1.57. The molecule has 2 atom stereocenters. The molecule has 0 aliphatic carbocycles. The molecule has 17 heavy (non-hydrogen) atoms. The van der Waals surface area contributed by atoms with Gasteiger partial charge in [0.15, 0.2) is 0 Å². The molecule has 2 nitrogen and oxygen atoms in total. The fraction of sp³-hybridized carbons (Fsp3) is 0.462. The number of halogens is 2. The molecule has 4 heteroatoms. The maximum Gasteiger partial charge on any atom is 0.251 e. The largest absolute Gasteiger partial charge is 0.350 e. The zero-order valence-electron chi connectivity index (χ0n) is 10.3. The van der Waals surface area contributed by atoms with E-state index < -0.39 is 0 Å². The summed E-state index contributed by atoms with van der Waals surface area (Å²) in [6.45, 7) is 5.95. The normalized spacial score (nSPS) is 14.2. The quantitative estimate of drug-likeness (QED) is 0.837. The standard InChI is InChI=1S/C13H17BrClNO/c1-8-6-11(4-5-12(8)15)13(17)16-10(3)7-9(2)14/h4-6,9-10H,7H2,1-3H3,(H,16,17). The van der Waals surface area contributed by atoms with Crippen LogP contribution in [0.4, 0.5) is 0 Å². The van der Waals surface area contributed by atoms with Crippen LogP contribution in [0.15, 0.2) is 18.2 Å². The number of hydrogen-bond acceptors (Lipinski definition) is 1. The Bertz CT molecular complexity index is 406. The number of aryl methyl sites for hydroxylation is 1. The van der Waals surface area contributed by atoms with E-state index >= 15 is 0 Å². The van der Waals surface area contributed by atoms with E-state index in [1.54, 1.807) is 12.1 Å². The van der Waals surface area contributed by atoms with Gasteiger partial charge in [0.25, 0.3) is 5.91 Å². The van der Waals surface area contributed by atoms with E-state index in [9.17, 15) is 4.79 Å². The average molecular weight is 319 g/mol. The van der Waals surface area contributed by atoms with E-state index in [-0.39, 0.29) is 11.9 Å². The van der Waals surface area contributed by atoms with Crippen molar-refractivity contribution >= 4 is 33.4 Å². The van der Waals surface area contributed by atoms with E-state index in [2.05, 4.69) is 28.2 Å². The lowest BCUT2D eigenvalue weighted by molar-refractivity contribution is 0.0938. The van der Waals surface area contributed by atoms with Crippen molar-refractivity contribution in [3.8, 4) is 0 Å². The summed E-state index contributed by atoms with van der Waals surface area (Å²) in [4.78, 5) is 12.3. The maximum atomic E-state index is 11.9. The van der Waals surface area contributed by atoms with Crippen molar-refractivity contribution in [2.45, 2.75) is 38.1 Å². The Morgan fingerprint density at radius 3 is 2.65 bits per heavy atom. The molecule has 0 radical (unpaired) electrons. The topological polar surface area (TPSA) is 29.1 Å². The summed E-state index contributed by atoms with van der Waals surface area (Å²) in [5.74, 6) is -0.0505. The van der Waals surface area contributed by atoms with Gasteiger partial charge in [0, 0.05) is 21.5 Å². The Labute approximate surface area is 116 Å². The van der Waals surface area contributed by atoms with Crippen LogP contribution >= 0.6 is 27.5 Å². The highest BCUT2D eigenvalue weighted by molar-refractivity contribution is 9.09. The number of hydrogen-bond donors (Lipinski definition) is 1. The summed E-state index contributed by atoms with van der Waals surface area (Å²) >= 11 is 9.40. The third-order valence-electron chi connectivity index (χ3n) is 2.48. The van der Waals surface area contributed by atoms with Crippen LogP contribution in [0.3, 0.4) is 0 Å². The summed E-state index contributed by atoms with van der Waals surface area (Å²) in [6, 6.07) is 5.45. The summed E-state index contributed by atoms with van der Waals surface area (Å²) in [7, 11) is 0. The molecule has 0 aliphatic rings. The molecule has 0 heterocycles. The fourth-order valence-corrected chi connectivity index (χ4v) is 2.32. The Morgan fingerprint density at radius 2 is 2.12 bits per heavy atom. The van der Waals surface area contributed by atoms with Crippen molar-refractivity contribution in [2.24, 2.45) is 0 Å². The van der Waals surface area contributed by atoms with Crippen molar-refractivity contribution in [1.29, 1.82) is 0 Å². The number of nitrogens with one attached hydrogen (secondary N) is 1. The molecule has 2 unspecified atom stereocenters.